The standard InChI is InChI=1S/C20H22N4O3S/c1-12(17(25)23-11-13-5-7-14(27-4)8-6-13)28-19-16(10-22)20(2,3)15(9-21)18(26)24-19/h5-8,12,15H,11H2,1-4H3,(H,23,25)(H,24,26)/t12-,15+/m0/s1. The maximum Gasteiger partial charge on any atom is 0.243 e. The van der Waals surface area contributed by atoms with E-state index in [4.69, 9.17) is 4.74 Å². The molecule has 1 aromatic carbocycles. The molecule has 1 aliphatic heterocycles. The predicted octanol–water partition coefficient (Wildman–Crippen LogP) is 2.46. The van der Waals surface area contributed by atoms with Gasteiger partial charge in [0.15, 0.2) is 0 Å². The molecule has 0 aliphatic carbocycles. The Balaban J connectivity index is 2.07. The molecule has 2 amide bonds. The van der Waals surface area contributed by atoms with E-state index >= 15 is 0 Å². The van der Waals surface area contributed by atoms with Gasteiger partial charge in [-0.2, -0.15) is 10.5 Å². The van der Waals surface area contributed by atoms with Gasteiger partial charge in [0.1, 0.15) is 11.7 Å². The number of methoxy groups -OCH3 is 1. The fourth-order valence-electron chi connectivity index (χ4n) is 2.82. The van der Waals surface area contributed by atoms with E-state index in [0.29, 0.717) is 17.1 Å². The summed E-state index contributed by atoms with van der Waals surface area (Å²) in [6.45, 7) is 5.43. The summed E-state index contributed by atoms with van der Waals surface area (Å²) >= 11 is 1.10. The van der Waals surface area contributed by atoms with E-state index in [-0.39, 0.29) is 5.91 Å². The van der Waals surface area contributed by atoms with Crippen molar-refractivity contribution in [2.75, 3.05) is 7.11 Å². The zero-order chi connectivity index (χ0) is 20.9. The normalized spacial score (nSPS) is 19.1. The minimum absolute atomic E-state index is 0.222. The van der Waals surface area contributed by atoms with Crippen LogP contribution >= 0.6 is 11.8 Å². The van der Waals surface area contributed by atoms with Gasteiger partial charge < -0.3 is 15.4 Å². The Kier molecular flexibility index (Phi) is 6.71. The third-order valence-electron chi connectivity index (χ3n) is 4.62. The minimum atomic E-state index is -0.953. The van der Waals surface area contributed by atoms with Crippen LogP contribution < -0.4 is 15.4 Å². The van der Waals surface area contributed by atoms with Crippen LogP contribution in [0.5, 0.6) is 5.75 Å². The fraction of sp³-hybridized carbons (Fsp3) is 0.400. The lowest BCUT2D eigenvalue weighted by Gasteiger charge is -2.35. The molecule has 2 rings (SSSR count). The molecule has 0 saturated heterocycles. The number of rotatable bonds is 6. The summed E-state index contributed by atoms with van der Waals surface area (Å²) in [5, 5.41) is 24.1. The number of hydrogen-bond acceptors (Lipinski definition) is 6. The first kappa shape index (κ1) is 21.3. The van der Waals surface area contributed by atoms with Gasteiger partial charge in [-0.1, -0.05) is 37.7 Å². The highest BCUT2D eigenvalue weighted by Crippen LogP contribution is 2.42. The van der Waals surface area contributed by atoms with Crippen LogP contribution in [-0.2, 0) is 16.1 Å². The van der Waals surface area contributed by atoms with E-state index in [9.17, 15) is 20.1 Å². The van der Waals surface area contributed by atoms with Gasteiger partial charge in [-0.3, -0.25) is 9.59 Å². The van der Waals surface area contributed by atoms with Crippen molar-refractivity contribution in [1.82, 2.24) is 10.6 Å². The number of carbonyl (C=O) groups excluding carboxylic acids is 2. The Bertz CT molecular complexity index is 878. The third kappa shape index (κ3) is 4.47. The minimum Gasteiger partial charge on any atom is -0.497 e. The van der Waals surface area contributed by atoms with Crippen molar-refractivity contribution < 1.29 is 14.3 Å². The summed E-state index contributed by atoms with van der Waals surface area (Å²) in [6.07, 6.45) is 0. The zero-order valence-corrected chi connectivity index (χ0v) is 17.0. The lowest BCUT2D eigenvalue weighted by atomic mass is 9.72. The molecule has 1 aliphatic rings. The zero-order valence-electron chi connectivity index (χ0n) is 16.2. The van der Waals surface area contributed by atoms with Gasteiger partial charge in [0.2, 0.25) is 11.8 Å². The number of carbonyl (C=O) groups is 2. The Morgan fingerprint density at radius 1 is 1.36 bits per heavy atom. The molecule has 0 aromatic heterocycles. The molecule has 0 fully saturated rings. The molecule has 0 spiro atoms. The summed E-state index contributed by atoms with van der Waals surface area (Å²) in [5.74, 6) is -0.896. The van der Waals surface area contributed by atoms with Gasteiger partial charge in [-0.15, -0.1) is 0 Å². The smallest absolute Gasteiger partial charge is 0.243 e. The molecular weight excluding hydrogens is 376 g/mol. The number of allylic oxidation sites excluding steroid dienone is 1. The van der Waals surface area contributed by atoms with Crippen LogP contribution in [0.25, 0.3) is 0 Å². The maximum absolute atomic E-state index is 12.4. The number of hydrogen-bond donors (Lipinski definition) is 2. The second kappa shape index (κ2) is 8.81. The second-order valence-corrected chi connectivity index (χ2v) is 8.27. The van der Waals surface area contributed by atoms with E-state index in [0.717, 1.165) is 23.1 Å². The Hall–Kier alpha value is -2.97. The van der Waals surface area contributed by atoms with Crippen LogP contribution in [0.2, 0.25) is 0 Å². The molecule has 1 aromatic rings. The number of benzene rings is 1. The van der Waals surface area contributed by atoms with Crippen molar-refractivity contribution in [3.05, 3.63) is 40.4 Å². The highest BCUT2D eigenvalue weighted by atomic mass is 32.2. The summed E-state index contributed by atoms with van der Waals surface area (Å²) in [6, 6.07) is 11.4. The lowest BCUT2D eigenvalue weighted by Crippen LogP contribution is -2.45. The molecule has 146 valence electrons. The number of nitriles is 2. The Morgan fingerprint density at radius 3 is 2.54 bits per heavy atom. The highest BCUT2D eigenvalue weighted by molar-refractivity contribution is 8.04. The number of thioether (sulfide) groups is 1. The van der Waals surface area contributed by atoms with E-state index < -0.39 is 22.5 Å². The van der Waals surface area contributed by atoms with Gasteiger partial charge in [0, 0.05) is 12.0 Å². The first-order valence-electron chi connectivity index (χ1n) is 8.67. The Labute approximate surface area is 168 Å². The summed E-state index contributed by atoms with van der Waals surface area (Å²) in [7, 11) is 1.59. The average Bonchev–Trinajstić information content (AvgIpc) is 2.66. The number of nitrogens with one attached hydrogen (secondary N) is 2. The highest BCUT2D eigenvalue weighted by Gasteiger charge is 2.45. The van der Waals surface area contributed by atoms with Gasteiger partial charge in [0.05, 0.1) is 35.1 Å². The van der Waals surface area contributed by atoms with Gasteiger partial charge in [-0.05, 0) is 24.6 Å². The first-order chi connectivity index (χ1) is 13.2. The van der Waals surface area contributed by atoms with Gasteiger partial charge in [-0.25, -0.2) is 0 Å². The maximum atomic E-state index is 12.4. The van der Waals surface area contributed by atoms with Crippen molar-refractivity contribution in [2.45, 2.75) is 32.6 Å². The van der Waals surface area contributed by atoms with Crippen molar-refractivity contribution in [2.24, 2.45) is 11.3 Å². The molecule has 28 heavy (non-hydrogen) atoms. The van der Waals surface area contributed by atoms with Crippen molar-refractivity contribution in [1.29, 1.82) is 10.5 Å². The average molecular weight is 398 g/mol. The summed E-state index contributed by atoms with van der Waals surface area (Å²) in [5.41, 5.74) is 0.304. The summed E-state index contributed by atoms with van der Waals surface area (Å²) < 4.78 is 5.10. The van der Waals surface area contributed by atoms with Crippen LogP contribution in [-0.4, -0.2) is 24.2 Å². The molecule has 0 unspecified atom stereocenters. The van der Waals surface area contributed by atoms with Crippen molar-refractivity contribution in [3.63, 3.8) is 0 Å². The van der Waals surface area contributed by atoms with E-state index in [1.54, 1.807) is 27.9 Å². The quantitative estimate of drug-likeness (QED) is 0.761. The molecular formula is C20H22N4O3S. The van der Waals surface area contributed by atoms with Gasteiger partial charge in [0.25, 0.3) is 0 Å². The number of nitrogens with zero attached hydrogens (tertiary/aromatic N) is 2. The third-order valence-corrected chi connectivity index (χ3v) is 5.73. The van der Waals surface area contributed by atoms with Crippen molar-refractivity contribution in [3.8, 4) is 17.9 Å². The van der Waals surface area contributed by atoms with E-state index in [2.05, 4.69) is 16.7 Å². The molecule has 0 radical (unpaired) electrons. The van der Waals surface area contributed by atoms with Crippen molar-refractivity contribution >= 4 is 23.6 Å². The first-order valence-corrected chi connectivity index (χ1v) is 9.55. The van der Waals surface area contributed by atoms with Gasteiger partial charge >= 0.3 is 0 Å². The number of ether oxygens (including phenoxy) is 1. The Morgan fingerprint density at radius 2 is 2.00 bits per heavy atom. The van der Waals surface area contributed by atoms with Crippen LogP contribution in [0.1, 0.15) is 26.3 Å². The van der Waals surface area contributed by atoms with Crippen LogP contribution in [0.15, 0.2) is 34.9 Å². The van der Waals surface area contributed by atoms with E-state index in [1.807, 2.05) is 30.3 Å². The number of amides is 2. The molecule has 1 heterocycles. The molecule has 2 N–H and O–H groups in total. The topological polar surface area (TPSA) is 115 Å². The lowest BCUT2D eigenvalue weighted by molar-refractivity contribution is -0.125. The van der Waals surface area contributed by atoms with Crippen LogP contribution in [0.4, 0.5) is 0 Å². The molecule has 0 bridgehead atoms. The van der Waals surface area contributed by atoms with Crippen LogP contribution in [0.3, 0.4) is 0 Å². The van der Waals surface area contributed by atoms with E-state index in [1.165, 1.54) is 0 Å². The molecule has 8 heteroatoms. The monoisotopic (exact) mass is 398 g/mol. The van der Waals surface area contributed by atoms with Crippen LogP contribution in [0, 0.1) is 34.0 Å². The molecule has 2 atom stereocenters. The predicted molar refractivity (Wildman–Crippen MR) is 106 cm³/mol. The molecule has 0 saturated carbocycles. The molecule has 7 nitrogen and oxygen atoms in total. The SMILES string of the molecule is COc1ccc(CNC(=O)[C@H](C)SC2=C(C#N)C(C)(C)[C@H](C#N)C(=O)N2)cc1. The fourth-order valence-corrected chi connectivity index (χ4v) is 3.95. The largest absolute Gasteiger partial charge is 0.497 e. The summed E-state index contributed by atoms with van der Waals surface area (Å²) in [4.78, 5) is 24.7. The second-order valence-electron chi connectivity index (χ2n) is 6.91.